The SMILES string of the molecule is CC(=O)OC(CC(N)C(C)C)c1nc(C(N)=O)cs1. The van der Waals surface area contributed by atoms with Crippen LogP contribution >= 0.6 is 11.3 Å². The lowest BCUT2D eigenvalue weighted by Crippen LogP contribution is -2.29. The van der Waals surface area contributed by atoms with Crippen LogP contribution in [0.25, 0.3) is 0 Å². The van der Waals surface area contributed by atoms with Crippen molar-refractivity contribution in [2.75, 3.05) is 0 Å². The molecule has 106 valence electrons. The second-order valence-electron chi connectivity index (χ2n) is 4.68. The number of hydrogen-bond donors (Lipinski definition) is 2. The first kappa shape index (κ1) is 15.6. The monoisotopic (exact) mass is 285 g/mol. The van der Waals surface area contributed by atoms with Crippen molar-refractivity contribution in [3.63, 3.8) is 0 Å². The van der Waals surface area contributed by atoms with Crippen molar-refractivity contribution in [3.8, 4) is 0 Å². The molecule has 1 heterocycles. The molecule has 0 radical (unpaired) electrons. The summed E-state index contributed by atoms with van der Waals surface area (Å²) in [7, 11) is 0. The molecule has 0 bridgehead atoms. The highest BCUT2D eigenvalue weighted by molar-refractivity contribution is 7.09. The number of hydrogen-bond acceptors (Lipinski definition) is 6. The molecule has 1 aromatic rings. The third-order valence-corrected chi connectivity index (χ3v) is 3.64. The maximum absolute atomic E-state index is 11.1. The Morgan fingerprint density at radius 1 is 1.47 bits per heavy atom. The van der Waals surface area contributed by atoms with E-state index in [-0.39, 0.29) is 17.7 Å². The number of rotatable bonds is 6. The van der Waals surface area contributed by atoms with Gasteiger partial charge in [-0.3, -0.25) is 9.59 Å². The van der Waals surface area contributed by atoms with E-state index in [0.717, 1.165) is 0 Å². The van der Waals surface area contributed by atoms with E-state index >= 15 is 0 Å². The van der Waals surface area contributed by atoms with E-state index in [4.69, 9.17) is 16.2 Å². The number of primary amides is 1. The minimum atomic E-state index is -0.600. The van der Waals surface area contributed by atoms with E-state index in [0.29, 0.717) is 11.4 Å². The lowest BCUT2D eigenvalue weighted by Gasteiger charge is -2.21. The van der Waals surface area contributed by atoms with Crippen molar-refractivity contribution < 1.29 is 14.3 Å². The molecule has 1 amide bonds. The average molecular weight is 285 g/mol. The number of nitrogens with zero attached hydrogens (tertiary/aromatic N) is 1. The van der Waals surface area contributed by atoms with Crippen LogP contribution < -0.4 is 11.5 Å². The summed E-state index contributed by atoms with van der Waals surface area (Å²) in [6.45, 7) is 5.31. The van der Waals surface area contributed by atoms with Crippen LogP contribution in [0.5, 0.6) is 0 Å². The summed E-state index contributed by atoms with van der Waals surface area (Å²) in [6.07, 6.45) is -0.0730. The Bertz CT molecular complexity index is 459. The number of carbonyl (C=O) groups excluding carboxylic acids is 2. The molecular formula is C12H19N3O3S. The number of thiazole rings is 1. The van der Waals surface area contributed by atoms with Crippen LogP contribution in [0.2, 0.25) is 0 Å². The molecule has 0 aromatic carbocycles. The summed E-state index contributed by atoms with van der Waals surface area (Å²) in [4.78, 5) is 26.3. The van der Waals surface area contributed by atoms with E-state index in [1.54, 1.807) is 5.38 Å². The Hall–Kier alpha value is -1.47. The molecule has 1 rings (SSSR count). The molecule has 2 atom stereocenters. The first-order valence-electron chi connectivity index (χ1n) is 5.99. The minimum absolute atomic E-state index is 0.120. The van der Waals surface area contributed by atoms with E-state index in [1.165, 1.54) is 18.3 Å². The molecule has 0 saturated heterocycles. The van der Waals surface area contributed by atoms with Gasteiger partial charge in [0.2, 0.25) is 0 Å². The summed E-state index contributed by atoms with van der Waals surface area (Å²) in [5.41, 5.74) is 11.3. The quantitative estimate of drug-likeness (QED) is 0.764. The average Bonchev–Trinajstić information content (AvgIpc) is 2.76. The van der Waals surface area contributed by atoms with Crippen LogP contribution in [0, 0.1) is 5.92 Å². The highest BCUT2D eigenvalue weighted by Gasteiger charge is 2.24. The largest absolute Gasteiger partial charge is 0.455 e. The number of carbonyl (C=O) groups is 2. The Labute approximate surface area is 116 Å². The summed E-state index contributed by atoms with van der Waals surface area (Å²) >= 11 is 1.24. The maximum Gasteiger partial charge on any atom is 0.303 e. The molecule has 0 aliphatic carbocycles. The molecule has 0 spiro atoms. The lowest BCUT2D eigenvalue weighted by atomic mass is 9.99. The third kappa shape index (κ3) is 4.60. The molecule has 4 N–H and O–H groups in total. The molecule has 0 aliphatic rings. The summed E-state index contributed by atoms with van der Waals surface area (Å²) < 4.78 is 5.23. The number of esters is 1. The molecule has 7 heteroatoms. The van der Waals surface area contributed by atoms with Gasteiger partial charge in [-0.2, -0.15) is 0 Å². The standard InChI is InChI=1S/C12H19N3O3S/c1-6(2)8(13)4-10(18-7(3)16)12-15-9(5-19-12)11(14)17/h5-6,8,10H,4,13H2,1-3H3,(H2,14,17). The fourth-order valence-electron chi connectivity index (χ4n) is 1.47. The number of nitrogens with two attached hydrogens (primary N) is 2. The third-order valence-electron chi connectivity index (χ3n) is 2.70. The van der Waals surface area contributed by atoms with E-state index in [9.17, 15) is 9.59 Å². The molecule has 19 heavy (non-hydrogen) atoms. The highest BCUT2D eigenvalue weighted by atomic mass is 32.1. The second kappa shape index (κ2) is 6.63. The normalized spacial score (nSPS) is 14.2. The zero-order chi connectivity index (χ0) is 14.6. The van der Waals surface area contributed by atoms with Gasteiger partial charge in [-0.05, 0) is 5.92 Å². The fraction of sp³-hybridized carbons (Fsp3) is 0.583. The van der Waals surface area contributed by atoms with Gasteiger partial charge in [0.1, 0.15) is 10.7 Å². The van der Waals surface area contributed by atoms with Crippen molar-refractivity contribution >= 4 is 23.2 Å². The molecule has 6 nitrogen and oxygen atoms in total. The van der Waals surface area contributed by atoms with Crippen molar-refractivity contribution in [2.45, 2.75) is 39.3 Å². The minimum Gasteiger partial charge on any atom is -0.455 e. The Morgan fingerprint density at radius 3 is 2.53 bits per heavy atom. The lowest BCUT2D eigenvalue weighted by molar-refractivity contribution is -0.147. The molecule has 0 aliphatic heterocycles. The maximum atomic E-state index is 11.1. The number of aromatic nitrogens is 1. The summed E-state index contributed by atoms with van der Waals surface area (Å²) in [5, 5.41) is 2.09. The molecule has 0 fully saturated rings. The Kier molecular flexibility index (Phi) is 5.44. The zero-order valence-corrected chi connectivity index (χ0v) is 12.1. The number of ether oxygens (including phenoxy) is 1. The van der Waals surface area contributed by atoms with Crippen LogP contribution in [0.4, 0.5) is 0 Å². The van der Waals surface area contributed by atoms with E-state index < -0.39 is 18.0 Å². The predicted octanol–water partition coefficient (Wildman–Crippen LogP) is 1.22. The first-order valence-corrected chi connectivity index (χ1v) is 6.87. The number of amides is 1. The van der Waals surface area contributed by atoms with Gasteiger partial charge in [0.05, 0.1) is 0 Å². The zero-order valence-electron chi connectivity index (χ0n) is 11.3. The van der Waals surface area contributed by atoms with Crippen LogP contribution in [0.1, 0.15) is 48.8 Å². The second-order valence-corrected chi connectivity index (χ2v) is 5.57. The van der Waals surface area contributed by atoms with E-state index in [1.807, 2.05) is 13.8 Å². The highest BCUT2D eigenvalue weighted by Crippen LogP contribution is 2.27. The Balaban J connectivity index is 2.88. The van der Waals surface area contributed by atoms with E-state index in [2.05, 4.69) is 4.98 Å². The Morgan fingerprint density at radius 2 is 2.11 bits per heavy atom. The van der Waals surface area contributed by atoms with Gasteiger partial charge in [-0.25, -0.2) is 4.98 Å². The predicted molar refractivity (Wildman–Crippen MR) is 72.6 cm³/mol. The van der Waals surface area contributed by atoms with Gasteiger partial charge in [0, 0.05) is 24.8 Å². The van der Waals surface area contributed by atoms with Gasteiger partial charge >= 0.3 is 5.97 Å². The van der Waals surface area contributed by atoms with Crippen molar-refractivity contribution in [1.82, 2.24) is 4.98 Å². The smallest absolute Gasteiger partial charge is 0.303 e. The molecule has 2 unspecified atom stereocenters. The van der Waals surface area contributed by atoms with Crippen LogP contribution in [0.3, 0.4) is 0 Å². The van der Waals surface area contributed by atoms with Crippen molar-refractivity contribution in [3.05, 3.63) is 16.1 Å². The summed E-state index contributed by atoms with van der Waals surface area (Å²) in [5.74, 6) is -0.748. The van der Waals surface area contributed by atoms with Gasteiger partial charge in [-0.1, -0.05) is 13.8 Å². The van der Waals surface area contributed by atoms with Gasteiger partial charge in [0.15, 0.2) is 6.10 Å². The van der Waals surface area contributed by atoms with Crippen LogP contribution in [0.15, 0.2) is 5.38 Å². The van der Waals surface area contributed by atoms with Gasteiger partial charge in [0.25, 0.3) is 5.91 Å². The molecule has 1 aromatic heterocycles. The first-order chi connectivity index (χ1) is 8.81. The van der Waals surface area contributed by atoms with Crippen molar-refractivity contribution in [2.24, 2.45) is 17.4 Å². The topological polar surface area (TPSA) is 108 Å². The van der Waals surface area contributed by atoms with Gasteiger partial charge < -0.3 is 16.2 Å². The van der Waals surface area contributed by atoms with Crippen LogP contribution in [-0.2, 0) is 9.53 Å². The summed E-state index contributed by atoms with van der Waals surface area (Å²) in [6, 6.07) is -0.120. The molecular weight excluding hydrogens is 266 g/mol. The molecule has 0 saturated carbocycles. The fourth-order valence-corrected chi connectivity index (χ4v) is 2.32. The van der Waals surface area contributed by atoms with Gasteiger partial charge in [-0.15, -0.1) is 11.3 Å². The van der Waals surface area contributed by atoms with Crippen molar-refractivity contribution in [1.29, 1.82) is 0 Å². The van der Waals surface area contributed by atoms with Crippen LogP contribution in [-0.4, -0.2) is 22.9 Å².